The summed E-state index contributed by atoms with van der Waals surface area (Å²) in [5.41, 5.74) is -0.0491. The molecule has 2 rings (SSSR count). The van der Waals surface area contributed by atoms with E-state index >= 15 is 0 Å². The molecule has 0 saturated heterocycles. The summed E-state index contributed by atoms with van der Waals surface area (Å²) in [7, 11) is 0. The highest BCUT2D eigenvalue weighted by molar-refractivity contribution is 8.02. The lowest BCUT2D eigenvalue weighted by Gasteiger charge is -2.29. The number of aliphatic carboxylic acids is 1. The molecule has 0 aromatic heterocycles. The maximum Gasteiger partial charge on any atom is 0.316 e. The van der Waals surface area contributed by atoms with Gasteiger partial charge in [-0.1, -0.05) is 0 Å². The number of amides is 1. The molecule has 1 amide bonds. The second-order valence-electron chi connectivity index (χ2n) is 4.97. The molecule has 1 aromatic rings. The maximum absolute atomic E-state index is 12.6. The van der Waals surface area contributed by atoms with Crippen molar-refractivity contribution in [2.75, 3.05) is 5.32 Å². The minimum atomic E-state index is -1.86. The number of nitro benzene ring substituents is 1. The van der Waals surface area contributed by atoms with Crippen molar-refractivity contribution in [1.29, 1.82) is 10.5 Å². The molecule has 0 aliphatic carbocycles. The van der Waals surface area contributed by atoms with Crippen LogP contribution in [-0.4, -0.2) is 27.2 Å². The molecular weight excluding hydrogens is 336 g/mol. The summed E-state index contributed by atoms with van der Waals surface area (Å²) >= 11 is 0.612. The molecule has 2 unspecified atom stereocenters. The van der Waals surface area contributed by atoms with Crippen LogP contribution < -0.4 is 5.32 Å². The van der Waals surface area contributed by atoms with Crippen molar-refractivity contribution in [3.8, 4) is 12.1 Å². The van der Waals surface area contributed by atoms with Crippen LogP contribution in [0.1, 0.15) is 12.5 Å². The lowest BCUT2D eigenvalue weighted by atomic mass is 9.87. The number of nitrogens with zero attached hydrogens (tertiary/aromatic N) is 3. The zero-order valence-electron chi connectivity index (χ0n) is 12.2. The fourth-order valence-electron chi connectivity index (χ4n) is 2.41. The van der Waals surface area contributed by atoms with Gasteiger partial charge in [-0.15, -0.1) is 11.8 Å². The Morgan fingerprint density at radius 2 is 2.08 bits per heavy atom. The molecular formula is C14H10N4O5S. The molecule has 1 aliphatic heterocycles. The standard InChI is InChI=1S/C14H10N4O5S/c1-7(12(19)20)24-14(8(5-15)6-16)10-4-9(18(22)23)2-3-11(10)17-13(14)21/h2-4,7-8H,1H3,(H,17,21)(H,19,20). The Balaban J connectivity index is 2.72. The average Bonchev–Trinajstić information content (AvgIpc) is 2.80. The topological polar surface area (TPSA) is 157 Å². The van der Waals surface area contributed by atoms with E-state index in [9.17, 15) is 30.2 Å². The number of carbonyl (C=O) groups is 2. The first-order chi connectivity index (χ1) is 11.3. The largest absolute Gasteiger partial charge is 0.480 e. The van der Waals surface area contributed by atoms with E-state index < -0.39 is 32.7 Å². The fraction of sp³-hybridized carbons (Fsp3) is 0.286. The van der Waals surface area contributed by atoms with Crippen LogP contribution in [0.5, 0.6) is 0 Å². The molecule has 10 heteroatoms. The average molecular weight is 346 g/mol. The van der Waals surface area contributed by atoms with Gasteiger partial charge in [-0.25, -0.2) is 0 Å². The number of thioether (sulfide) groups is 1. The molecule has 1 aromatic carbocycles. The zero-order valence-corrected chi connectivity index (χ0v) is 13.0. The van der Waals surface area contributed by atoms with Crippen molar-refractivity contribution >= 4 is 35.0 Å². The monoisotopic (exact) mass is 346 g/mol. The normalized spacial score (nSPS) is 19.8. The molecule has 2 atom stereocenters. The number of nitriles is 2. The van der Waals surface area contributed by atoms with Gasteiger partial charge in [-0.2, -0.15) is 10.5 Å². The van der Waals surface area contributed by atoms with Gasteiger partial charge in [-0.3, -0.25) is 19.7 Å². The SMILES string of the molecule is CC(SC1(C(C#N)C#N)C(=O)Nc2ccc([N+](=O)[O-])cc21)C(=O)O. The predicted octanol–water partition coefficient (Wildman–Crippen LogP) is 1.61. The summed E-state index contributed by atoms with van der Waals surface area (Å²) in [6.45, 7) is 1.31. The first kappa shape index (κ1) is 17.2. The van der Waals surface area contributed by atoms with Gasteiger partial charge in [0.05, 0.1) is 17.1 Å². The van der Waals surface area contributed by atoms with Crippen molar-refractivity contribution in [2.24, 2.45) is 5.92 Å². The molecule has 24 heavy (non-hydrogen) atoms. The van der Waals surface area contributed by atoms with E-state index in [1.807, 2.05) is 0 Å². The Bertz CT molecular complexity index is 813. The molecule has 0 radical (unpaired) electrons. The number of non-ortho nitro benzene ring substituents is 1. The van der Waals surface area contributed by atoms with Crippen molar-refractivity contribution in [3.05, 3.63) is 33.9 Å². The van der Waals surface area contributed by atoms with E-state index in [-0.39, 0.29) is 16.9 Å². The molecule has 1 heterocycles. The number of anilines is 1. The smallest absolute Gasteiger partial charge is 0.316 e. The minimum absolute atomic E-state index is 0.0629. The summed E-state index contributed by atoms with van der Waals surface area (Å²) in [6, 6.07) is 6.95. The van der Waals surface area contributed by atoms with Gasteiger partial charge in [0.15, 0.2) is 10.7 Å². The Morgan fingerprint density at radius 1 is 1.46 bits per heavy atom. The fourth-order valence-corrected chi connectivity index (χ4v) is 3.77. The highest BCUT2D eigenvalue weighted by Crippen LogP contribution is 2.53. The lowest BCUT2D eigenvalue weighted by Crippen LogP contribution is -2.40. The van der Waals surface area contributed by atoms with E-state index in [2.05, 4.69) is 5.32 Å². The van der Waals surface area contributed by atoms with Gasteiger partial charge in [-0.05, 0) is 13.0 Å². The predicted molar refractivity (Wildman–Crippen MR) is 82.8 cm³/mol. The summed E-state index contributed by atoms with van der Waals surface area (Å²) in [5.74, 6) is -3.50. The summed E-state index contributed by atoms with van der Waals surface area (Å²) in [5, 5.41) is 40.0. The number of carbonyl (C=O) groups excluding carboxylic acids is 1. The lowest BCUT2D eigenvalue weighted by molar-refractivity contribution is -0.384. The van der Waals surface area contributed by atoms with E-state index in [0.717, 1.165) is 6.07 Å². The Labute approximate surface area is 140 Å². The van der Waals surface area contributed by atoms with Crippen LogP contribution in [0.25, 0.3) is 0 Å². The molecule has 122 valence electrons. The number of hydrogen-bond donors (Lipinski definition) is 2. The molecule has 0 bridgehead atoms. The van der Waals surface area contributed by atoms with Crippen LogP contribution in [0.2, 0.25) is 0 Å². The number of rotatable bonds is 5. The molecule has 9 nitrogen and oxygen atoms in total. The number of hydrogen-bond acceptors (Lipinski definition) is 7. The number of nitrogens with one attached hydrogen (secondary N) is 1. The third-order valence-corrected chi connectivity index (χ3v) is 5.14. The Morgan fingerprint density at radius 3 is 2.58 bits per heavy atom. The van der Waals surface area contributed by atoms with Gasteiger partial charge in [0.25, 0.3) is 5.69 Å². The van der Waals surface area contributed by atoms with Crippen LogP contribution in [-0.2, 0) is 14.3 Å². The third kappa shape index (κ3) is 2.53. The first-order valence-corrected chi connectivity index (χ1v) is 7.46. The van der Waals surface area contributed by atoms with Crippen LogP contribution in [0, 0.1) is 38.7 Å². The summed E-state index contributed by atoms with van der Waals surface area (Å²) in [4.78, 5) is 34.1. The van der Waals surface area contributed by atoms with E-state index in [4.69, 9.17) is 5.11 Å². The highest BCUT2D eigenvalue weighted by Gasteiger charge is 2.56. The van der Waals surface area contributed by atoms with Crippen molar-refractivity contribution in [3.63, 3.8) is 0 Å². The number of carboxylic acid groups (broad SMARTS) is 1. The second kappa shape index (κ2) is 6.18. The minimum Gasteiger partial charge on any atom is -0.480 e. The number of carboxylic acids is 1. The van der Waals surface area contributed by atoms with Crippen molar-refractivity contribution in [2.45, 2.75) is 16.9 Å². The number of benzene rings is 1. The zero-order chi connectivity index (χ0) is 18.1. The second-order valence-corrected chi connectivity index (χ2v) is 6.55. The van der Waals surface area contributed by atoms with Crippen LogP contribution in [0.15, 0.2) is 18.2 Å². The molecule has 2 N–H and O–H groups in total. The molecule has 0 fully saturated rings. The van der Waals surface area contributed by atoms with E-state index in [1.165, 1.54) is 19.1 Å². The van der Waals surface area contributed by atoms with Gasteiger partial charge < -0.3 is 10.4 Å². The maximum atomic E-state index is 12.6. The first-order valence-electron chi connectivity index (χ1n) is 6.58. The third-order valence-electron chi connectivity index (χ3n) is 3.57. The summed E-state index contributed by atoms with van der Waals surface area (Å²) in [6.07, 6.45) is 0. The Kier molecular flexibility index (Phi) is 4.44. The van der Waals surface area contributed by atoms with Crippen molar-refractivity contribution in [1.82, 2.24) is 0 Å². The van der Waals surface area contributed by atoms with E-state index in [1.54, 1.807) is 12.1 Å². The van der Waals surface area contributed by atoms with Gasteiger partial charge >= 0.3 is 5.97 Å². The Hall–Kier alpha value is -3.11. The molecule has 0 spiro atoms. The van der Waals surface area contributed by atoms with Crippen LogP contribution >= 0.6 is 11.8 Å². The molecule has 0 saturated carbocycles. The summed E-state index contributed by atoms with van der Waals surface area (Å²) < 4.78 is -1.86. The van der Waals surface area contributed by atoms with Crippen LogP contribution in [0.4, 0.5) is 11.4 Å². The number of nitro groups is 1. The van der Waals surface area contributed by atoms with E-state index in [0.29, 0.717) is 11.8 Å². The van der Waals surface area contributed by atoms with Gasteiger partial charge in [0, 0.05) is 23.4 Å². The quantitative estimate of drug-likeness (QED) is 0.601. The van der Waals surface area contributed by atoms with Crippen LogP contribution in [0.3, 0.4) is 0 Å². The number of fused-ring (bicyclic) bond motifs is 1. The van der Waals surface area contributed by atoms with Gasteiger partial charge in [0.2, 0.25) is 5.91 Å². The highest BCUT2D eigenvalue weighted by atomic mass is 32.2. The van der Waals surface area contributed by atoms with Crippen molar-refractivity contribution < 1.29 is 19.6 Å². The van der Waals surface area contributed by atoms with Gasteiger partial charge in [0.1, 0.15) is 5.25 Å². The molecule has 1 aliphatic rings.